The van der Waals surface area contributed by atoms with Gasteiger partial charge in [-0.2, -0.15) is 12.1 Å². The Bertz CT molecular complexity index is 3660. The average molecular weight is 1000 g/mol. The molecule has 5 nitrogen and oxygen atoms in total. The Morgan fingerprint density at radius 2 is 1.25 bits per heavy atom. The van der Waals surface area contributed by atoms with Crippen LogP contribution >= 0.6 is 0 Å². The molecular formula is C57H41N4OPt-3. The second-order valence-corrected chi connectivity index (χ2v) is 15.1. The molecule has 11 rings (SSSR count). The second-order valence-electron chi connectivity index (χ2n) is 15.1. The van der Waals surface area contributed by atoms with Crippen LogP contribution in [0, 0.1) is 39.4 Å². The first-order valence-electron chi connectivity index (χ1n) is 24.7. The van der Waals surface area contributed by atoms with Gasteiger partial charge in [0.1, 0.15) is 5.82 Å². The molecule has 0 unspecified atom stereocenters. The number of anilines is 4. The van der Waals surface area contributed by atoms with Gasteiger partial charge in [0, 0.05) is 84.8 Å². The van der Waals surface area contributed by atoms with Crippen molar-refractivity contribution in [2.75, 3.05) is 9.80 Å². The Hall–Kier alpha value is -7.20. The van der Waals surface area contributed by atoms with Crippen molar-refractivity contribution in [3.05, 3.63) is 224 Å². The Kier molecular flexibility index (Phi) is 8.10. The molecule has 3 heterocycles. The third-order valence-electron chi connectivity index (χ3n) is 11.3. The van der Waals surface area contributed by atoms with Crippen LogP contribution < -0.4 is 14.5 Å². The molecule has 0 amide bonds. The van der Waals surface area contributed by atoms with Crippen LogP contribution in [0.15, 0.2) is 188 Å². The number of aryl methyl sites for hydroxylation is 3. The van der Waals surface area contributed by atoms with Crippen molar-refractivity contribution >= 4 is 44.6 Å². The number of hydrogen-bond donors (Lipinski definition) is 0. The molecule has 1 aliphatic rings. The first kappa shape index (κ1) is 30.8. The molecule has 0 bridgehead atoms. The fourth-order valence-corrected chi connectivity index (χ4v) is 8.50. The van der Waals surface area contributed by atoms with Crippen molar-refractivity contribution < 1.29 is 38.1 Å². The zero-order chi connectivity index (χ0) is 49.2. The van der Waals surface area contributed by atoms with Gasteiger partial charge < -0.3 is 19.1 Å². The van der Waals surface area contributed by atoms with E-state index in [0.717, 1.165) is 50.0 Å². The maximum atomic E-state index is 8.71. The predicted octanol–water partition coefficient (Wildman–Crippen LogP) is 14.9. The Labute approximate surface area is 395 Å². The van der Waals surface area contributed by atoms with E-state index in [9.17, 15) is 0 Å². The molecule has 0 radical (unpaired) electrons. The van der Waals surface area contributed by atoms with Crippen molar-refractivity contribution in [2.24, 2.45) is 0 Å². The summed E-state index contributed by atoms with van der Waals surface area (Å²) in [6.07, 6.45) is 1.51. The molecular weight excluding hydrogens is 952 g/mol. The number of ether oxygens (including phenoxy) is 1. The number of benzene rings is 8. The van der Waals surface area contributed by atoms with E-state index < -0.39 is 20.6 Å². The molecule has 0 N–H and O–H groups in total. The van der Waals surface area contributed by atoms with Crippen molar-refractivity contribution in [1.82, 2.24) is 9.55 Å². The average Bonchev–Trinajstić information content (AvgIpc) is 3.91. The number of fused-ring (bicyclic) bond motifs is 4. The third-order valence-corrected chi connectivity index (χ3v) is 11.3. The number of rotatable bonds is 8. The minimum Gasteiger partial charge on any atom is -0.509 e. The summed E-state index contributed by atoms with van der Waals surface area (Å²) in [5.74, 6) is 1.29. The SMILES string of the molecule is [2H]C([2H])([2H])c1ccnc(-n2c3[c-]c(Oc4[c-]c(N5[CH-]N(c6c(-c7ccccc7)cccc6-c6ccc(-c7ccccc7C([2H])([2H])[2H])c(C([2H])([2H])[2H])c6)c6ccccc65)ccc4)ccc3c3ccccc32)c1.[Pt]. The summed E-state index contributed by atoms with van der Waals surface area (Å²) >= 11 is 0. The van der Waals surface area contributed by atoms with Crippen LogP contribution in [0.1, 0.15) is 29.0 Å². The van der Waals surface area contributed by atoms with Gasteiger partial charge in [-0.15, -0.1) is 48.1 Å². The number of para-hydroxylation sites is 4. The van der Waals surface area contributed by atoms with Gasteiger partial charge in [0.25, 0.3) is 0 Å². The number of pyridine rings is 1. The van der Waals surface area contributed by atoms with E-state index in [1.807, 2.05) is 150 Å². The molecule has 308 valence electrons. The van der Waals surface area contributed by atoms with Crippen LogP contribution in [0.2, 0.25) is 0 Å². The van der Waals surface area contributed by atoms with E-state index in [4.69, 9.17) is 17.1 Å². The molecule has 0 atom stereocenters. The number of nitrogens with zero attached hydrogens (tertiary/aromatic N) is 4. The molecule has 0 aliphatic carbocycles. The summed E-state index contributed by atoms with van der Waals surface area (Å²) in [4.78, 5) is 8.73. The quantitative estimate of drug-likeness (QED) is 0.142. The Morgan fingerprint density at radius 3 is 2.11 bits per heavy atom. The third kappa shape index (κ3) is 7.19. The van der Waals surface area contributed by atoms with E-state index >= 15 is 0 Å². The Balaban J connectivity index is 0.00000596. The monoisotopic (exact) mass is 1000 g/mol. The van der Waals surface area contributed by atoms with Crippen LogP contribution in [-0.2, 0) is 21.1 Å². The summed E-state index contributed by atoms with van der Waals surface area (Å²) in [6.45, 7) is -5.36. The van der Waals surface area contributed by atoms with Crippen LogP contribution in [-0.4, -0.2) is 9.55 Å². The van der Waals surface area contributed by atoms with Crippen molar-refractivity contribution in [1.29, 1.82) is 0 Å². The van der Waals surface area contributed by atoms with Gasteiger partial charge >= 0.3 is 0 Å². The Morgan fingerprint density at radius 1 is 0.540 bits per heavy atom. The van der Waals surface area contributed by atoms with E-state index in [2.05, 4.69) is 22.0 Å². The maximum Gasteiger partial charge on any atom is 0.135 e. The van der Waals surface area contributed by atoms with Gasteiger partial charge in [-0.25, -0.2) is 4.98 Å². The van der Waals surface area contributed by atoms with Crippen molar-refractivity contribution in [2.45, 2.75) is 20.6 Å². The molecule has 10 aromatic rings. The molecule has 0 spiro atoms. The molecule has 0 fully saturated rings. The van der Waals surface area contributed by atoms with Crippen LogP contribution in [0.4, 0.5) is 22.7 Å². The zero-order valence-electron chi connectivity index (χ0n) is 42.5. The first-order chi connectivity index (χ1) is 34.1. The van der Waals surface area contributed by atoms with Crippen molar-refractivity contribution in [3.63, 3.8) is 0 Å². The zero-order valence-corrected chi connectivity index (χ0v) is 35.8. The summed E-state index contributed by atoms with van der Waals surface area (Å²) in [5.41, 5.74) is 8.93. The molecule has 8 aromatic carbocycles. The maximum absolute atomic E-state index is 8.71. The van der Waals surface area contributed by atoms with Gasteiger partial charge in [-0.05, 0) is 95.2 Å². The molecule has 6 heteroatoms. The first-order valence-corrected chi connectivity index (χ1v) is 20.2. The van der Waals surface area contributed by atoms with Crippen LogP contribution in [0.5, 0.6) is 11.5 Å². The minimum atomic E-state index is -2.58. The fraction of sp³-hybridized carbons (Fsp3) is 0.0526. The van der Waals surface area contributed by atoms with E-state index in [1.54, 1.807) is 36.4 Å². The van der Waals surface area contributed by atoms with Crippen LogP contribution in [0.3, 0.4) is 0 Å². The van der Waals surface area contributed by atoms with Gasteiger partial charge in [-0.1, -0.05) is 127 Å². The smallest absolute Gasteiger partial charge is 0.135 e. The van der Waals surface area contributed by atoms with E-state index in [0.29, 0.717) is 45.2 Å². The molecule has 1 aliphatic heterocycles. The van der Waals surface area contributed by atoms with Crippen molar-refractivity contribution in [3.8, 4) is 50.7 Å². The summed E-state index contributed by atoms with van der Waals surface area (Å²) in [5, 5.41) is 1.85. The van der Waals surface area contributed by atoms with Gasteiger partial charge in [0.15, 0.2) is 0 Å². The molecule has 0 saturated heterocycles. The number of hydrogen-bond acceptors (Lipinski definition) is 4. The van der Waals surface area contributed by atoms with E-state index in [1.165, 1.54) is 18.3 Å². The van der Waals surface area contributed by atoms with Gasteiger partial charge in [0.05, 0.1) is 0 Å². The van der Waals surface area contributed by atoms with Gasteiger partial charge in [0.2, 0.25) is 0 Å². The topological polar surface area (TPSA) is 33.5 Å². The normalized spacial score (nSPS) is 14.8. The molecule has 63 heavy (non-hydrogen) atoms. The molecule has 0 saturated carbocycles. The largest absolute Gasteiger partial charge is 0.509 e. The fourth-order valence-electron chi connectivity index (χ4n) is 8.50. The predicted molar refractivity (Wildman–Crippen MR) is 255 cm³/mol. The van der Waals surface area contributed by atoms with E-state index in [-0.39, 0.29) is 37.8 Å². The van der Waals surface area contributed by atoms with Crippen LogP contribution in [0.25, 0.3) is 61.0 Å². The summed E-state index contributed by atoms with van der Waals surface area (Å²) < 4.78 is 83.5. The minimum absolute atomic E-state index is 0. The second kappa shape index (κ2) is 16.6. The number of aromatic nitrogens is 2. The summed E-state index contributed by atoms with van der Waals surface area (Å²) in [7, 11) is 0. The standard InChI is InChI=1S/C57H41N4O.Pt/c1-38-31-32-58-56(33-38)61-52-24-10-9-21-50(52)51-30-28-45(36-55(51)61)62-44-19-13-18-43(35-44)59-37-60(54-26-12-11-25-53(54)59)57-48(41-16-5-4-6-17-41)22-14-23-49(57)42-27-29-47(40(3)34-42)46-20-8-7-15-39(46)2;/h4-34,37H,1-3H3;/q-3;/i1D3,2D3,3D3;. The molecule has 2 aromatic heterocycles. The van der Waals surface area contributed by atoms with Gasteiger partial charge in [-0.3, -0.25) is 0 Å². The summed E-state index contributed by atoms with van der Waals surface area (Å²) in [6, 6.07) is 63.2.